The molecule has 1 aromatic heterocycles. The highest BCUT2D eigenvalue weighted by Crippen LogP contribution is 2.32. The molecule has 2 aromatic rings. The second kappa shape index (κ2) is 4.31. The normalized spacial score (nSPS) is 13.6. The van der Waals surface area contributed by atoms with Crippen LogP contribution in [0.4, 0.5) is 0 Å². The zero-order valence-corrected chi connectivity index (χ0v) is 9.84. The van der Waals surface area contributed by atoms with Crippen LogP contribution in [0.15, 0.2) is 30.3 Å². The molecule has 15 heavy (non-hydrogen) atoms. The Hall–Kier alpha value is -0.900. The molecule has 0 saturated carbocycles. The number of hydrazine groups is 1. The van der Waals surface area contributed by atoms with Gasteiger partial charge in [0, 0.05) is 9.58 Å². The van der Waals surface area contributed by atoms with Crippen molar-refractivity contribution >= 4 is 21.4 Å². The van der Waals surface area contributed by atoms with E-state index in [0.717, 1.165) is 0 Å². The van der Waals surface area contributed by atoms with Crippen molar-refractivity contribution in [3.63, 3.8) is 0 Å². The topological polar surface area (TPSA) is 38.0 Å². The molecule has 1 aromatic carbocycles. The number of thiophene rings is 1. The molecule has 80 valence electrons. The molecule has 0 aliphatic heterocycles. The third kappa shape index (κ3) is 2.04. The fourth-order valence-corrected chi connectivity index (χ4v) is 3.06. The van der Waals surface area contributed by atoms with E-state index in [4.69, 9.17) is 5.84 Å². The van der Waals surface area contributed by atoms with Crippen molar-refractivity contribution in [3.8, 4) is 0 Å². The van der Waals surface area contributed by atoms with Crippen molar-refractivity contribution in [2.45, 2.75) is 19.9 Å². The number of nitrogens with two attached hydrogens (primary N) is 1. The molecule has 0 fully saturated rings. The van der Waals surface area contributed by atoms with E-state index in [0.29, 0.717) is 5.92 Å². The van der Waals surface area contributed by atoms with Crippen LogP contribution in [-0.4, -0.2) is 0 Å². The van der Waals surface area contributed by atoms with Gasteiger partial charge in [-0.15, -0.1) is 11.3 Å². The number of benzene rings is 1. The number of hydrogen-bond donors (Lipinski definition) is 2. The average Bonchev–Trinajstić information content (AvgIpc) is 2.61. The molecule has 0 radical (unpaired) electrons. The first kappa shape index (κ1) is 10.6. The smallest absolute Gasteiger partial charge is 0.0576 e. The predicted molar refractivity (Wildman–Crippen MR) is 66.7 cm³/mol. The Balaban J connectivity index is 2.43. The molecule has 3 heteroatoms. The third-order valence-corrected chi connectivity index (χ3v) is 3.80. The first-order valence-corrected chi connectivity index (χ1v) is 5.98. The second-order valence-corrected chi connectivity index (χ2v) is 5.19. The Labute approximate surface area is 94.1 Å². The quantitative estimate of drug-likeness (QED) is 0.616. The van der Waals surface area contributed by atoms with Crippen LogP contribution in [0, 0.1) is 5.92 Å². The molecule has 1 unspecified atom stereocenters. The summed E-state index contributed by atoms with van der Waals surface area (Å²) in [4.78, 5) is 1.31. The first-order chi connectivity index (χ1) is 7.22. The lowest BCUT2D eigenvalue weighted by atomic mass is 10.0. The standard InChI is InChI=1S/C12H16N2S/c1-8(2)12(14-13)11-7-9-5-3-4-6-10(9)15-11/h3-8,12,14H,13H2,1-2H3. The van der Waals surface area contributed by atoms with E-state index in [9.17, 15) is 0 Å². The van der Waals surface area contributed by atoms with Crippen molar-refractivity contribution in [3.05, 3.63) is 35.2 Å². The monoisotopic (exact) mass is 220 g/mol. The lowest BCUT2D eigenvalue weighted by molar-refractivity contribution is 0.427. The molecule has 0 aliphatic rings. The maximum absolute atomic E-state index is 5.58. The minimum atomic E-state index is 0.252. The van der Waals surface area contributed by atoms with E-state index in [1.54, 1.807) is 0 Å². The van der Waals surface area contributed by atoms with Gasteiger partial charge in [-0.05, 0) is 23.4 Å². The molecule has 0 spiro atoms. The molecule has 1 atom stereocenters. The Bertz CT molecular complexity index is 415. The fourth-order valence-electron chi connectivity index (χ4n) is 1.76. The van der Waals surface area contributed by atoms with Crippen molar-refractivity contribution in [1.29, 1.82) is 0 Å². The number of hydrogen-bond acceptors (Lipinski definition) is 3. The Morgan fingerprint density at radius 1 is 1.27 bits per heavy atom. The molecule has 2 rings (SSSR count). The summed E-state index contributed by atoms with van der Waals surface area (Å²) < 4.78 is 1.33. The van der Waals surface area contributed by atoms with E-state index in [1.165, 1.54) is 15.0 Å². The van der Waals surface area contributed by atoms with Gasteiger partial charge in [-0.1, -0.05) is 32.0 Å². The van der Waals surface area contributed by atoms with Crippen LogP contribution in [0.3, 0.4) is 0 Å². The molecule has 0 amide bonds. The molecule has 0 saturated heterocycles. The van der Waals surface area contributed by atoms with Gasteiger partial charge in [-0.25, -0.2) is 0 Å². The SMILES string of the molecule is CC(C)C(NN)c1cc2ccccc2s1. The summed E-state index contributed by atoms with van der Waals surface area (Å²) in [5, 5.41) is 1.30. The molecule has 3 N–H and O–H groups in total. The van der Waals surface area contributed by atoms with Crippen LogP contribution >= 0.6 is 11.3 Å². The molecule has 0 bridgehead atoms. The molecular formula is C12H16N2S. The lowest BCUT2D eigenvalue weighted by Crippen LogP contribution is -2.30. The van der Waals surface area contributed by atoms with Crippen LogP contribution < -0.4 is 11.3 Å². The summed E-state index contributed by atoms with van der Waals surface area (Å²) in [5.74, 6) is 6.09. The third-order valence-electron chi connectivity index (χ3n) is 2.60. The van der Waals surface area contributed by atoms with Crippen LogP contribution in [0.5, 0.6) is 0 Å². The van der Waals surface area contributed by atoms with Crippen LogP contribution in [0.25, 0.3) is 10.1 Å². The number of fused-ring (bicyclic) bond motifs is 1. The first-order valence-electron chi connectivity index (χ1n) is 5.17. The zero-order valence-electron chi connectivity index (χ0n) is 9.03. The number of nitrogens with one attached hydrogen (secondary N) is 1. The molecule has 1 heterocycles. The minimum Gasteiger partial charge on any atom is -0.271 e. The zero-order chi connectivity index (χ0) is 10.8. The summed E-state index contributed by atoms with van der Waals surface area (Å²) in [6.07, 6.45) is 0. The highest BCUT2D eigenvalue weighted by atomic mass is 32.1. The maximum Gasteiger partial charge on any atom is 0.0576 e. The summed E-state index contributed by atoms with van der Waals surface area (Å²) in [6.45, 7) is 4.35. The van der Waals surface area contributed by atoms with E-state index >= 15 is 0 Å². The van der Waals surface area contributed by atoms with Crippen molar-refractivity contribution in [2.24, 2.45) is 11.8 Å². The van der Waals surface area contributed by atoms with Crippen LogP contribution in [0.2, 0.25) is 0 Å². The fraction of sp³-hybridized carbons (Fsp3) is 0.333. The van der Waals surface area contributed by atoms with E-state index in [2.05, 4.69) is 49.6 Å². The van der Waals surface area contributed by atoms with E-state index in [1.807, 2.05) is 11.3 Å². The van der Waals surface area contributed by atoms with Gasteiger partial charge in [-0.2, -0.15) is 0 Å². The Morgan fingerprint density at radius 2 is 2.00 bits per heavy atom. The average molecular weight is 220 g/mol. The maximum atomic E-state index is 5.58. The molecule has 2 nitrogen and oxygen atoms in total. The van der Waals surface area contributed by atoms with Gasteiger partial charge >= 0.3 is 0 Å². The summed E-state index contributed by atoms with van der Waals surface area (Å²) in [6, 6.07) is 10.9. The molecule has 0 aliphatic carbocycles. The van der Waals surface area contributed by atoms with Gasteiger partial charge in [0.15, 0.2) is 0 Å². The van der Waals surface area contributed by atoms with Crippen LogP contribution in [0.1, 0.15) is 24.8 Å². The summed E-state index contributed by atoms with van der Waals surface area (Å²) >= 11 is 1.82. The van der Waals surface area contributed by atoms with Crippen molar-refractivity contribution in [2.75, 3.05) is 0 Å². The van der Waals surface area contributed by atoms with Gasteiger partial charge in [0.05, 0.1) is 6.04 Å². The van der Waals surface area contributed by atoms with Gasteiger partial charge < -0.3 is 0 Å². The van der Waals surface area contributed by atoms with Gasteiger partial charge in [0.2, 0.25) is 0 Å². The van der Waals surface area contributed by atoms with Gasteiger partial charge in [-0.3, -0.25) is 11.3 Å². The number of rotatable bonds is 3. The summed E-state index contributed by atoms with van der Waals surface area (Å²) in [7, 11) is 0. The highest BCUT2D eigenvalue weighted by molar-refractivity contribution is 7.19. The predicted octanol–water partition coefficient (Wildman–Crippen LogP) is 3.06. The highest BCUT2D eigenvalue weighted by Gasteiger charge is 2.16. The molecular weight excluding hydrogens is 204 g/mol. The summed E-state index contributed by atoms with van der Waals surface area (Å²) in [5.41, 5.74) is 2.89. The van der Waals surface area contributed by atoms with Crippen molar-refractivity contribution in [1.82, 2.24) is 5.43 Å². The Morgan fingerprint density at radius 3 is 2.60 bits per heavy atom. The van der Waals surface area contributed by atoms with Gasteiger partial charge in [0.1, 0.15) is 0 Å². The minimum absolute atomic E-state index is 0.252. The van der Waals surface area contributed by atoms with Gasteiger partial charge in [0.25, 0.3) is 0 Å². The second-order valence-electron chi connectivity index (χ2n) is 4.07. The van der Waals surface area contributed by atoms with E-state index < -0.39 is 0 Å². The largest absolute Gasteiger partial charge is 0.271 e. The lowest BCUT2D eigenvalue weighted by Gasteiger charge is -2.17. The van der Waals surface area contributed by atoms with Crippen molar-refractivity contribution < 1.29 is 0 Å². The van der Waals surface area contributed by atoms with Crippen LogP contribution in [-0.2, 0) is 0 Å². The van der Waals surface area contributed by atoms with E-state index in [-0.39, 0.29) is 6.04 Å². The Kier molecular flexibility index (Phi) is 3.05.